The van der Waals surface area contributed by atoms with Crippen molar-refractivity contribution in [1.29, 1.82) is 0 Å². The van der Waals surface area contributed by atoms with E-state index in [1.54, 1.807) is 4.90 Å². The summed E-state index contributed by atoms with van der Waals surface area (Å²) >= 11 is 3.36. The van der Waals surface area contributed by atoms with Gasteiger partial charge in [-0.15, -0.1) is 0 Å². The summed E-state index contributed by atoms with van der Waals surface area (Å²) in [6, 6.07) is 7.45. The fourth-order valence-electron chi connectivity index (χ4n) is 2.15. The number of hydrogen-bond acceptors (Lipinski definition) is 3. The van der Waals surface area contributed by atoms with E-state index in [4.69, 9.17) is 9.47 Å². The summed E-state index contributed by atoms with van der Waals surface area (Å²) in [5.41, 5.74) is 0. The molecule has 1 heterocycles. The van der Waals surface area contributed by atoms with Crippen LogP contribution in [0.15, 0.2) is 28.7 Å². The van der Waals surface area contributed by atoms with Crippen LogP contribution in [0, 0.1) is 0 Å². The number of hydrogen-bond donors (Lipinski definition) is 0. The molecule has 0 radical (unpaired) electrons. The van der Waals surface area contributed by atoms with Gasteiger partial charge in [0.05, 0.1) is 12.2 Å². The van der Waals surface area contributed by atoms with Crippen LogP contribution in [0.25, 0.3) is 0 Å². The summed E-state index contributed by atoms with van der Waals surface area (Å²) in [7, 11) is 0. The number of halogens is 1. The number of morpholine rings is 1. The molecule has 1 aromatic carbocycles. The lowest BCUT2D eigenvalue weighted by Gasteiger charge is -2.35. The van der Waals surface area contributed by atoms with Gasteiger partial charge in [0, 0.05) is 17.6 Å². The number of benzene rings is 1. The molecule has 1 amide bonds. The summed E-state index contributed by atoms with van der Waals surface area (Å²) in [5, 5.41) is 0. The summed E-state index contributed by atoms with van der Waals surface area (Å²) in [5.74, 6) is 0.704. The first-order valence-corrected chi connectivity index (χ1v) is 7.15. The topological polar surface area (TPSA) is 38.8 Å². The van der Waals surface area contributed by atoms with Crippen molar-refractivity contribution >= 4 is 21.8 Å². The standard InChI is InChI=1S/C14H18BrNO3/c1-10-7-16(8-11(2)19-10)14(17)9-18-13-5-3-12(15)4-6-13/h3-6,10-11H,7-9H2,1-2H3. The Balaban J connectivity index is 1.85. The fraction of sp³-hybridized carbons (Fsp3) is 0.500. The van der Waals surface area contributed by atoms with Crippen molar-refractivity contribution in [3.8, 4) is 5.75 Å². The van der Waals surface area contributed by atoms with E-state index in [0.717, 1.165) is 4.47 Å². The van der Waals surface area contributed by atoms with Crippen LogP contribution in [0.5, 0.6) is 5.75 Å². The maximum absolute atomic E-state index is 12.1. The predicted molar refractivity (Wildman–Crippen MR) is 76.2 cm³/mol. The largest absolute Gasteiger partial charge is 0.484 e. The molecule has 0 N–H and O–H groups in total. The Bertz CT molecular complexity index is 425. The van der Waals surface area contributed by atoms with Gasteiger partial charge in [0.1, 0.15) is 5.75 Å². The van der Waals surface area contributed by atoms with Gasteiger partial charge in [-0.1, -0.05) is 15.9 Å². The third-order valence-corrected chi connectivity index (χ3v) is 3.48. The first kappa shape index (κ1) is 14.3. The van der Waals surface area contributed by atoms with E-state index in [1.807, 2.05) is 38.1 Å². The van der Waals surface area contributed by atoms with Crippen molar-refractivity contribution in [3.63, 3.8) is 0 Å². The van der Waals surface area contributed by atoms with Crippen LogP contribution in [0.1, 0.15) is 13.8 Å². The van der Waals surface area contributed by atoms with Gasteiger partial charge in [0.15, 0.2) is 6.61 Å². The summed E-state index contributed by atoms with van der Waals surface area (Å²) in [6.07, 6.45) is 0.167. The van der Waals surface area contributed by atoms with Gasteiger partial charge in [-0.3, -0.25) is 4.79 Å². The lowest BCUT2D eigenvalue weighted by Crippen LogP contribution is -2.49. The van der Waals surface area contributed by atoms with Crippen LogP contribution in [-0.4, -0.2) is 42.7 Å². The molecular weight excluding hydrogens is 310 g/mol. The maximum atomic E-state index is 12.1. The van der Waals surface area contributed by atoms with Crippen LogP contribution in [-0.2, 0) is 9.53 Å². The summed E-state index contributed by atoms with van der Waals surface area (Å²) < 4.78 is 12.1. The monoisotopic (exact) mass is 327 g/mol. The zero-order chi connectivity index (χ0) is 13.8. The Morgan fingerprint density at radius 2 is 1.89 bits per heavy atom. The zero-order valence-electron chi connectivity index (χ0n) is 11.1. The van der Waals surface area contributed by atoms with E-state index in [9.17, 15) is 4.79 Å². The molecule has 104 valence electrons. The number of nitrogens with zero attached hydrogens (tertiary/aromatic N) is 1. The molecule has 0 bridgehead atoms. The van der Waals surface area contributed by atoms with Crippen LogP contribution < -0.4 is 4.74 Å². The molecule has 0 aliphatic carbocycles. The molecule has 1 fully saturated rings. The van der Waals surface area contributed by atoms with E-state index in [1.165, 1.54) is 0 Å². The number of ether oxygens (including phenoxy) is 2. The molecule has 0 spiro atoms. The highest BCUT2D eigenvalue weighted by atomic mass is 79.9. The first-order valence-electron chi connectivity index (χ1n) is 6.36. The molecule has 1 aromatic rings. The normalized spacial score (nSPS) is 23.2. The Kier molecular flexibility index (Phi) is 4.82. The minimum absolute atomic E-state index is 0.00455. The predicted octanol–water partition coefficient (Wildman–Crippen LogP) is 2.46. The minimum atomic E-state index is 0.00455. The molecule has 2 unspecified atom stereocenters. The quantitative estimate of drug-likeness (QED) is 0.856. The highest BCUT2D eigenvalue weighted by Crippen LogP contribution is 2.16. The van der Waals surface area contributed by atoms with Crippen molar-refractivity contribution in [2.75, 3.05) is 19.7 Å². The van der Waals surface area contributed by atoms with E-state index in [-0.39, 0.29) is 24.7 Å². The maximum Gasteiger partial charge on any atom is 0.260 e. The van der Waals surface area contributed by atoms with Crippen LogP contribution in [0.3, 0.4) is 0 Å². The molecule has 2 rings (SSSR count). The van der Waals surface area contributed by atoms with Crippen LogP contribution >= 0.6 is 15.9 Å². The number of carbonyl (C=O) groups excluding carboxylic acids is 1. The van der Waals surface area contributed by atoms with E-state index in [2.05, 4.69) is 15.9 Å². The lowest BCUT2D eigenvalue weighted by molar-refractivity contribution is -0.145. The molecule has 5 heteroatoms. The molecular formula is C14H18BrNO3. The van der Waals surface area contributed by atoms with Crippen LogP contribution in [0.2, 0.25) is 0 Å². The smallest absolute Gasteiger partial charge is 0.260 e. The Morgan fingerprint density at radius 1 is 1.32 bits per heavy atom. The second-order valence-corrected chi connectivity index (χ2v) is 5.71. The molecule has 1 saturated heterocycles. The van der Waals surface area contributed by atoms with Crippen molar-refractivity contribution in [3.05, 3.63) is 28.7 Å². The minimum Gasteiger partial charge on any atom is -0.484 e. The van der Waals surface area contributed by atoms with Gasteiger partial charge in [-0.2, -0.15) is 0 Å². The van der Waals surface area contributed by atoms with Crippen LogP contribution in [0.4, 0.5) is 0 Å². The van der Waals surface area contributed by atoms with Crippen molar-refractivity contribution < 1.29 is 14.3 Å². The van der Waals surface area contributed by atoms with E-state index in [0.29, 0.717) is 18.8 Å². The first-order chi connectivity index (χ1) is 9.04. The van der Waals surface area contributed by atoms with Crippen molar-refractivity contribution in [2.24, 2.45) is 0 Å². The van der Waals surface area contributed by atoms with Crippen molar-refractivity contribution in [2.45, 2.75) is 26.1 Å². The zero-order valence-corrected chi connectivity index (χ0v) is 12.7. The highest BCUT2D eigenvalue weighted by Gasteiger charge is 2.25. The Labute approximate surface area is 121 Å². The van der Waals surface area contributed by atoms with Gasteiger partial charge < -0.3 is 14.4 Å². The molecule has 1 aliphatic rings. The van der Waals surface area contributed by atoms with E-state index >= 15 is 0 Å². The van der Waals surface area contributed by atoms with Gasteiger partial charge in [0.25, 0.3) is 5.91 Å². The average molecular weight is 328 g/mol. The molecule has 0 saturated carbocycles. The number of rotatable bonds is 3. The van der Waals surface area contributed by atoms with E-state index < -0.39 is 0 Å². The third-order valence-electron chi connectivity index (χ3n) is 2.95. The van der Waals surface area contributed by atoms with Gasteiger partial charge >= 0.3 is 0 Å². The Morgan fingerprint density at radius 3 is 2.47 bits per heavy atom. The third kappa shape index (κ3) is 4.21. The Hall–Kier alpha value is -1.07. The lowest BCUT2D eigenvalue weighted by atomic mass is 10.2. The number of carbonyl (C=O) groups is 1. The average Bonchev–Trinajstić information content (AvgIpc) is 2.36. The summed E-state index contributed by atoms with van der Waals surface area (Å²) in [6.45, 7) is 5.29. The SMILES string of the molecule is CC1CN(C(=O)COc2ccc(Br)cc2)CC(C)O1. The van der Waals surface area contributed by atoms with Gasteiger partial charge in [0.2, 0.25) is 0 Å². The fourth-order valence-corrected chi connectivity index (χ4v) is 2.41. The second kappa shape index (κ2) is 6.39. The molecule has 4 nitrogen and oxygen atoms in total. The molecule has 2 atom stereocenters. The molecule has 19 heavy (non-hydrogen) atoms. The second-order valence-electron chi connectivity index (χ2n) is 4.80. The highest BCUT2D eigenvalue weighted by molar-refractivity contribution is 9.10. The van der Waals surface area contributed by atoms with Gasteiger partial charge in [-0.05, 0) is 38.1 Å². The molecule has 1 aliphatic heterocycles. The van der Waals surface area contributed by atoms with Crippen molar-refractivity contribution in [1.82, 2.24) is 4.90 Å². The number of amides is 1. The molecule has 0 aromatic heterocycles. The summed E-state index contributed by atoms with van der Waals surface area (Å²) in [4.78, 5) is 13.9. The van der Waals surface area contributed by atoms with Gasteiger partial charge in [-0.25, -0.2) is 0 Å².